The predicted molar refractivity (Wildman–Crippen MR) is 64.1 cm³/mol. The molecule has 1 aromatic rings. The normalized spacial score (nSPS) is 10.4. The Morgan fingerprint density at radius 2 is 2.12 bits per heavy atom. The molecule has 0 aliphatic carbocycles. The molecule has 5 N–H and O–H groups in total. The fourth-order valence-electron chi connectivity index (χ4n) is 0.995. The molecule has 0 saturated carbocycles. The van der Waals surface area contributed by atoms with Gasteiger partial charge in [-0.3, -0.25) is 4.72 Å². The van der Waals surface area contributed by atoms with E-state index >= 15 is 0 Å². The highest BCUT2D eigenvalue weighted by Crippen LogP contribution is 2.19. The van der Waals surface area contributed by atoms with Gasteiger partial charge in [0.2, 0.25) is 0 Å². The molecular formula is C9H10ClN3O2S. The van der Waals surface area contributed by atoms with Gasteiger partial charge in [0.25, 0.3) is 10.2 Å². The Labute approximate surface area is 99.0 Å². The summed E-state index contributed by atoms with van der Waals surface area (Å²) in [6, 6.07) is 4.49. The van der Waals surface area contributed by atoms with Crippen LogP contribution in [0.25, 0.3) is 0 Å². The maximum Gasteiger partial charge on any atom is 0.296 e. The smallest absolute Gasteiger partial charge is 0.296 e. The number of nitrogens with two attached hydrogens (primary N) is 2. The second-order valence-electron chi connectivity index (χ2n) is 2.85. The largest absolute Gasteiger partial charge is 0.320 e. The van der Waals surface area contributed by atoms with Gasteiger partial charge in [0, 0.05) is 5.56 Å². The SMILES string of the molecule is NCC#Cc1cc(NS(N)(=O)=O)ccc1Cl. The first-order valence-electron chi connectivity index (χ1n) is 4.21. The van der Waals surface area contributed by atoms with E-state index < -0.39 is 10.2 Å². The third-order valence-electron chi connectivity index (χ3n) is 1.55. The first-order valence-corrected chi connectivity index (χ1v) is 6.14. The van der Waals surface area contributed by atoms with E-state index in [0.717, 1.165) is 0 Å². The standard InChI is InChI=1S/C9H10ClN3O2S/c10-9-4-3-8(13-16(12,14)15)6-7(9)2-1-5-11/h3-4,6,13H,5,11H2,(H2,12,14,15). The molecular weight excluding hydrogens is 250 g/mol. The van der Waals surface area contributed by atoms with Crippen molar-refractivity contribution in [2.24, 2.45) is 10.9 Å². The van der Waals surface area contributed by atoms with Crippen molar-refractivity contribution in [1.82, 2.24) is 0 Å². The Kier molecular flexibility index (Phi) is 4.15. The van der Waals surface area contributed by atoms with E-state index in [9.17, 15) is 8.42 Å². The van der Waals surface area contributed by atoms with Crippen molar-refractivity contribution in [1.29, 1.82) is 0 Å². The molecule has 0 heterocycles. The number of anilines is 1. The van der Waals surface area contributed by atoms with E-state index in [1.54, 1.807) is 0 Å². The zero-order chi connectivity index (χ0) is 12.2. The van der Waals surface area contributed by atoms with Gasteiger partial charge in [-0.25, -0.2) is 5.14 Å². The molecule has 0 aromatic heterocycles. The van der Waals surface area contributed by atoms with Gasteiger partial charge in [-0.2, -0.15) is 8.42 Å². The summed E-state index contributed by atoms with van der Waals surface area (Å²) in [6.45, 7) is 0.198. The average Bonchev–Trinajstić information content (AvgIpc) is 2.17. The predicted octanol–water partition coefficient (Wildman–Crippen LogP) is 0.266. The summed E-state index contributed by atoms with van der Waals surface area (Å²) < 4.78 is 23.7. The molecule has 0 spiro atoms. The first kappa shape index (κ1) is 12.8. The highest BCUT2D eigenvalue weighted by atomic mass is 35.5. The fourth-order valence-corrected chi connectivity index (χ4v) is 1.62. The van der Waals surface area contributed by atoms with E-state index in [2.05, 4.69) is 16.6 Å². The minimum atomic E-state index is -3.79. The molecule has 1 aromatic carbocycles. The van der Waals surface area contributed by atoms with Gasteiger partial charge in [0.05, 0.1) is 17.3 Å². The number of rotatable bonds is 2. The van der Waals surface area contributed by atoms with Crippen molar-refractivity contribution >= 4 is 27.5 Å². The Morgan fingerprint density at radius 3 is 2.69 bits per heavy atom. The van der Waals surface area contributed by atoms with Crippen LogP contribution in [0, 0.1) is 11.8 Å². The van der Waals surface area contributed by atoms with Gasteiger partial charge < -0.3 is 5.73 Å². The number of nitrogens with one attached hydrogen (secondary N) is 1. The van der Waals surface area contributed by atoms with Gasteiger partial charge in [-0.05, 0) is 18.2 Å². The topological polar surface area (TPSA) is 98.2 Å². The lowest BCUT2D eigenvalue weighted by molar-refractivity contribution is 0.603. The summed E-state index contributed by atoms with van der Waals surface area (Å²) >= 11 is 5.85. The number of hydrogen-bond acceptors (Lipinski definition) is 3. The summed E-state index contributed by atoms with van der Waals surface area (Å²) in [6.07, 6.45) is 0. The van der Waals surface area contributed by atoms with Crippen molar-refractivity contribution in [2.45, 2.75) is 0 Å². The molecule has 0 aliphatic heterocycles. The Bertz CT molecular complexity index is 546. The van der Waals surface area contributed by atoms with Gasteiger partial charge in [-0.1, -0.05) is 23.4 Å². The summed E-state index contributed by atoms with van der Waals surface area (Å²) in [5, 5.41) is 5.25. The molecule has 0 saturated heterocycles. The van der Waals surface area contributed by atoms with Crippen molar-refractivity contribution in [2.75, 3.05) is 11.3 Å². The molecule has 0 atom stereocenters. The van der Waals surface area contributed by atoms with Gasteiger partial charge in [0.15, 0.2) is 0 Å². The van der Waals surface area contributed by atoms with E-state index in [4.69, 9.17) is 22.5 Å². The van der Waals surface area contributed by atoms with Crippen LogP contribution in [0.2, 0.25) is 5.02 Å². The van der Waals surface area contributed by atoms with Crippen LogP contribution in [-0.2, 0) is 10.2 Å². The maximum absolute atomic E-state index is 10.8. The third kappa shape index (κ3) is 4.08. The lowest BCUT2D eigenvalue weighted by Crippen LogP contribution is -2.21. The summed E-state index contributed by atoms with van der Waals surface area (Å²) in [7, 11) is -3.79. The average molecular weight is 260 g/mol. The zero-order valence-corrected chi connectivity index (χ0v) is 9.77. The summed E-state index contributed by atoms with van der Waals surface area (Å²) in [5.74, 6) is 5.34. The summed E-state index contributed by atoms with van der Waals surface area (Å²) in [4.78, 5) is 0. The first-order chi connectivity index (χ1) is 7.42. The van der Waals surface area contributed by atoms with Crippen molar-refractivity contribution in [3.8, 4) is 11.8 Å². The lowest BCUT2D eigenvalue weighted by Gasteiger charge is -2.04. The monoisotopic (exact) mass is 259 g/mol. The van der Waals surface area contributed by atoms with E-state index in [0.29, 0.717) is 16.3 Å². The van der Waals surface area contributed by atoms with Crippen LogP contribution in [0.3, 0.4) is 0 Å². The van der Waals surface area contributed by atoms with Crippen molar-refractivity contribution in [3.63, 3.8) is 0 Å². The van der Waals surface area contributed by atoms with Gasteiger partial charge >= 0.3 is 0 Å². The lowest BCUT2D eigenvalue weighted by atomic mass is 10.2. The van der Waals surface area contributed by atoms with Crippen LogP contribution in [-0.4, -0.2) is 15.0 Å². The second-order valence-corrected chi connectivity index (χ2v) is 4.55. The fraction of sp³-hybridized carbons (Fsp3) is 0.111. The quantitative estimate of drug-likeness (QED) is 0.665. The highest BCUT2D eigenvalue weighted by molar-refractivity contribution is 7.90. The molecule has 0 amide bonds. The molecule has 1 rings (SSSR count). The van der Waals surface area contributed by atoms with Crippen LogP contribution in [0.15, 0.2) is 18.2 Å². The van der Waals surface area contributed by atoms with E-state index in [1.807, 2.05) is 0 Å². The van der Waals surface area contributed by atoms with Gasteiger partial charge in [-0.15, -0.1) is 0 Å². The zero-order valence-electron chi connectivity index (χ0n) is 8.20. The summed E-state index contributed by atoms with van der Waals surface area (Å²) in [5.41, 5.74) is 6.00. The Morgan fingerprint density at radius 1 is 1.44 bits per heavy atom. The molecule has 0 bridgehead atoms. The number of hydrogen-bond donors (Lipinski definition) is 3. The second kappa shape index (κ2) is 5.18. The van der Waals surface area contributed by atoms with Gasteiger partial charge in [0.1, 0.15) is 0 Å². The van der Waals surface area contributed by atoms with Crippen molar-refractivity contribution in [3.05, 3.63) is 28.8 Å². The van der Waals surface area contributed by atoms with Crippen LogP contribution >= 0.6 is 11.6 Å². The van der Waals surface area contributed by atoms with Crippen LogP contribution in [0.5, 0.6) is 0 Å². The molecule has 0 aliphatic rings. The highest BCUT2D eigenvalue weighted by Gasteiger charge is 2.04. The Hall–Kier alpha value is -1.26. The molecule has 7 heteroatoms. The number of benzene rings is 1. The van der Waals surface area contributed by atoms with Crippen LogP contribution < -0.4 is 15.6 Å². The minimum Gasteiger partial charge on any atom is -0.320 e. The van der Waals surface area contributed by atoms with E-state index in [-0.39, 0.29) is 6.54 Å². The molecule has 5 nitrogen and oxygen atoms in total. The van der Waals surface area contributed by atoms with Crippen LogP contribution in [0.4, 0.5) is 5.69 Å². The molecule has 0 fully saturated rings. The molecule has 0 unspecified atom stereocenters. The van der Waals surface area contributed by atoms with E-state index in [1.165, 1.54) is 18.2 Å². The minimum absolute atomic E-state index is 0.198. The molecule has 16 heavy (non-hydrogen) atoms. The molecule has 86 valence electrons. The molecule has 0 radical (unpaired) electrons. The van der Waals surface area contributed by atoms with Crippen LogP contribution in [0.1, 0.15) is 5.56 Å². The third-order valence-corrected chi connectivity index (χ3v) is 2.40. The Balaban J connectivity index is 3.07. The number of halogens is 1. The maximum atomic E-state index is 10.8. The van der Waals surface area contributed by atoms with Crippen molar-refractivity contribution < 1.29 is 8.42 Å².